The van der Waals surface area contributed by atoms with Gasteiger partial charge >= 0.3 is 0 Å². The first-order valence-electron chi connectivity index (χ1n) is 5.76. The van der Waals surface area contributed by atoms with Crippen molar-refractivity contribution in [3.05, 3.63) is 63.4 Å². The second-order valence-corrected chi connectivity index (χ2v) is 6.03. The van der Waals surface area contributed by atoms with Gasteiger partial charge in [0, 0.05) is 4.47 Å². The average molecular weight is 388 g/mol. The molecule has 4 heteroatoms. The molecule has 0 aliphatic carbocycles. The lowest BCUT2D eigenvalue weighted by atomic mass is 10.0. The highest BCUT2D eigenvalue weighted by molar-refractivity contribution is 9.11. The lowest BCUT2D eigenvalue weighted by Crippen LogP contribution is -1.97. The molecule has 0 aliphatic heterocycles. The molecule has 2 rings (SSSR count). The summed E-state index contributed by atoms with van der Waals surface area (Å²) in [5.41, 5.74) is 2.98. The van der Waals surface area contributed by atoms with Crippen molar-refractivity contribution in [2.24, 2.45) is 0 Å². The summed E-state index contributed by atoms with van der Waals surface area (Å²) in [6, 6.07) is 10.6. The summed E-state index contributed by atoms with van der Waals surface area (Å²) < 4.78 is 19.5. The van der Waals surface area contributed by atoms with Gasteiger partial charge in [0.1, 0.15) is 11.6 Å². The van der Waals surface area contributed by atoms with E-state index in [1.165, 1.54) is 12.1 Å². The van der Waals surface area contributed by atoms with Gasteiger partial charge in [0.15, 0.2) is 0 Å². The summed E-state index contributed by atoms with van der Waals surface area (Å²) in [4.78, 5) is -0.0674. The lowest BCUT2D eigenvalue weighted by Gasteiger charge is -2.15. The maximum absolute atomic E-state index is 13.4. The van der Waals surface area contributed by atoms with E-state index in [-0.39, 0.29) is 10.6 Å². The standard InChI is InChI=1S/C15H13Br2FO/c1-9-7-10(3-6-14(9)19-2)15(17)12-8-11(18)4-5-13(12)16/h3-8,15H,1-2H3. The fourth-order valence-electron chi connectivity index (χ4n) is 1.95. The molecule has 2 aromatic rings. The molecule has 0 fully saturated rings. The van der Waals surface area contributed by atoms with Crippen LogP contribution in [0.4, 0.5) is 4.39 Å². The minimum absolute atomic E-state index is 0.0674. The molecule has 0 radical (unpaired) electrons. The first-order valence-corrected chi connectivity index (χ1v) is 7.47. The van der Waals surface area contributed by atoms with Gasteiger partial charge in [-0.2, -0.15) is 0 Å². The molecule has 0 spiro atoms. The minimum Gasteiger partial charge on any atom is -0.496 e. The monoisotopic (exact) mass is 386 g/mol. The third-order valence-corrected chi connectivity index (χ3v) is 4.69. The van der Waals surface area contributed by atoms with Crippen molar-refractivity contribution in [3.8, 4) is 5.75 Å². The fourth-order valence-corrected chi connectivity index (χ4v) is 3.39. The smallest absolute Gasteiger partial charge is 0.123 e. The highest BCUT2D eigenvalue weighted by Gasteiger charge is 2.15. The number of ether oxygens (including phenoxy) is 1. The molecule has 19 heavy (non-hydrogen) atoms. The molecule has 2 aromatic carbocycles. The van der Waals surface area contributed by atoms with E-state index >= 15 is 0 Å². The summed E-state index contributed by atoms with van der Waals surface area (Å²) in [7, 11) is 1.65. The third kappa shape index (κ3) is 3.18. The zero-order valence-electron chi connectivity index (χ0n) is 10.6. The normalized spacial score (nSPS) is 12.3. The van der Waals surface area contributed by atoms with Crippen LogP contribution in [0.2, 0.25) is 0 Å². The Hall–Kier alpha value is -0.870. The zero-order chi connectivity index (χ0) is 14.0. The summed E-state index contributed by atoms with van der Waals surface area (Å²) in [5.74, 6) is 0.606. The Balaban J connectivity index is 2.41. The van der Waals surface area contributed by atoms with Crippen LogP contribution < -0.4 is 4.74 Å². The first kappa shape index (κ1) is 14.5. The van der Waals surface area contributed by atoms with Gasteiger partial charge in [-0.05, 0) is 47.9 Å². The zero-order valence-corrected chi connectivity index (χ0v) is 13.8. The van der Waals surface area contributed by atoms with Gasteiger partial charge in [-0.3, -0.25) is 0 Å². The first-order chi connectivity index (χ1) is 9.02. The van der Waals surface area contributed by atoms with Crippen molar-refractivity contribution in [2.45, 2.75) is 11.8 Å². The molecule has 0 aliphatic rings. The van der Waals surface area contributed by atoms with Gasteiger partial charge in [-0.1, -0.05) is 44.0 Å². The summed E-state index contributed by atoms with van der Waals surface area (Å²) >= 11 is 7.08. The van der Waals surface area contributed by atoms with E-state index in [1.807, 2.05) is 25.1 Å². The van der Waals surface area contributed by atoms with Gasteiger partial charge in [-0.15, -0.1) is 0 Å². The molecule has 1 atom stereocenters. The number of rotatable bonds is 3. The molecule has 0 bridgehead atoms. The van der Waals surface area contributed by atoms with Crippen molar-refractivity contribution in [3.63, 3.8) is 0 Å². The number of hydrogen-bond acceptors (Lipinski definition) is 1. The Morgan fingerprint density at radius 3 is 2.53 bits per heavy atom. The minimum atomic E-state index is -0.243. The summed E-state index contributed by atoms with van der Waals surface area (Å²) in [5, 5.41) is 0. The molecule has 0 N–H and O–H groups in total. The van der Waals surface area contributed by atoms with Crippen LogP contribution >= 0.6 is 31.9 Å². The maximum atomic E-state index is 13.4. The molecule has 0 saturated heterocycles. The number of methoxy groups -OCH3 is 1. The summed E-state index contributed by atoms with van der Waals surface area (Å²) in [6.45, 7) is 1.99. The summed E-state index contributed by atoms with van der Waals surface area (Å²) in [6.07, 6.45) is 0. The second kappa shape index (κ2) is 6.06. The Bertz CT molecular complexity index is 599. The highest BCUT2D eigenvalue weighted by atomic mass is 79.9. The van der Waals surface area contributed by atoms with Crippen LogP contribution in [0.25, 0.3) is 0 Å². The van der Waals surface area contributed by atoms with Gasteiger partial charge in [0.05, 0.1) is 11.9 Å². The predicted octanol–water partition coefficient (Wildman–Crippen LogP) is 5.39. The van der Waals surface area contributed by atoms with Crippen LogP contribution in [0.1, 0.15) is 21.5 Å². The van der Waals surface area contributed by atoms with E-state index in [0.717, 1.165) is 26.9 Å². The van der Waals surface area contributed by atoms with Crippen LogP contribution in [0.3, 0.4) is 0 Å². The molecular formula is C15H13Br2FO. The number of aryl methyl sites for hydroxylation is 1. The van der Waals surface area contributed by atoms with Crippen LogP contribution in [-0.2, 0) is 0 Å². The van der Waals surface area contributed by atoms with Gasteiger partial charge < -0.3 is 4.74 Å². The maximum Gasteiger partial charge on any atom is 0.123 e. The Labute approximate surface area is 129 Å². The van der Waals surface area contributed by atoms with Gasteiger partial charge in [0.2, 0.25) is 0 Å². The largest absolute Gasteiger partial charge is 0.496 e. The molecule has 100 valence electrons. The third-order valence-electron chi connectivity index (χ3n) is 2.94. The van der Waals surface area contributed by atoms with E-state index in [9.17, 15) is 4.39 Å². The lowest BCUT2D eigenvalue weighted by molar-refractivity contribution is 0.411. The van der Waals surface area contributed by atoms with Crippen molar-refractivity contribution in [1.82, 2.24) is 0 Å². The fraction of sp³-hybridized carbons (Fsp3) is 0.200. The molecule has 0 heterocycles. The van der Waals surface area contributed by atoms with E-state index in [4.69, 9.17) is 4.74 Å². The van der Waals surface area contributed by atoms with Gasteiger partial charge in [-0.25, -0.2) is 4.39 Å². The molecule has 0 saturated carbocycles. The van der Waals surface area contributed by atoms with Crippen LogP contribution in [-0.4, -0.2) is 7.11 Å². The van der Waals surface area contributed by atoms with Crippen molar-refractivity contribution in [1.29, 1.82) is 0 Å². The van der Waals surface area contributed by atoms with Gasteiger partial charge in [0.25, 0.3) is 0 Å². The van der Waals surface area contributed by atoms with Crippen LogP contribution in [0, 0.1) is 12.7 Å². The number of halogens is 3. The Morgan fingerprint density at radius 1 is 1.16 bits per heavy atom. The van der Waals surface area contributed by atoms with Crippen molar-refractivity contribution >= 4 is 31.9 Å². The molecule has 1 unspecified atom stereocenters. The number of alkyl halides is 1. The molecule has 1 nitrogen and oxygen atoms in total. The van der Waals surface area contributed by atoms with E-state index in [0.29, 0.717) is 0 Å². The number of hydrogen-bond donors (Lipinski definition) is 0. The Morgan fingerprint density at radius 2 is 1.89 bits per heavy atom. The topological polar surface area (TPSA) is 9.23 Å². The SMILES string of the molecule is COc1ccc(C(Br)c2cc(F)ccc2Br)cc1C. The average Bonchev–Trinajstić information content (AvgIpc) is 2.40. The highest BCUT2D eigenvalue weighted by Crippen LogP contribution is 2.37. The van der Waals surface area contributed by atoms with Crippen molar-refractivity contribution in [2.75, 3.05) is 7.11 Å². The van der Waals surface area contributed by atoms with Crippen LogP contribution in [0.15, 0.2) is 40.9 Å². The quantitative estimate of drug-likeness (QED) is 0.641. The van der Waals surface area contributed by atoms with Crippen LogP contribution in [0.5, 0.6) is 5.75 Å². The second-order valence-electron chi connectivity index (χ2n) is 4.26. The number of benzene rings is 2. The predicted molar refractivity (Wildman–Crippen MR) is 82.6 cm³/mol. The molecular weight excluding hydrogens is 375 g/mol. The molecule has 0 aromatic heterocycles. The van der Waals surface area contributed by atoms with E-state index < -0.39 is 0 Å². The van der Waals surface area contributed by atoms with E-state index in [1.54, 1.807) is 13.2 Å². The molecule has 0 amide bonds. The Kier molecular flexibility index (Phi) is 4.63. The van der Waals surface area contributed by atoms with E-state index in [2.05, 4.69) is 31.9 Å². The van der Waals surface area contributed by atoms with Crippen molar-refractivity contribution < 1.29 is 9.13 Å².